The van der Waals surface area contributed by atoms with Crippen LogP contribution < -0.4 is 16.1 Å². The fraction of sp³-hybridized carbons (Fsp3) is 0.250. The Hall–Kier alpha value is -1.20. The second-order valence-corrected chi connectivity index (χ2v) is 4.90. The maximum atomic E-state index is 11.8. The van der Waals surface area contributed by atoms with Crippen LogP contribution in [0.3, 0.4) is 0 Å². The van der Waals surface area contributed by atoms with E-state index in [1.807, 2.05) is 6.92 Å². The van der Waals surface area contributed by atoms with Gasteiger partial charge in [-0.2, -0.15) is 0 Å². The molecule has 2 N–H and O–H groups in total. The third-order valence-electron chi connectivity index (χ3n) is 2.39. The summed E-state index contributed by atoms with van der Waals surface area (Å²) in [6.07, 6.45) is -0.156. The molecule has 1 atom stereocenters. The smallest absolute Gasteiger partial charge is 0.346 e. The Morgan fingerprint density at radius 3 is 2.89 bits per heavy atom. The summed E-state index contributed by atoms with van der Waals surface area (Å²) in [4.78, 5) is 11.8. The minimum atomic E-state index is -0.515. The van der Waals surface area contributed by atoms with Gasteiger partial charge in [0.05, 0.1) is 5.39 Å². The van der Waals surface area contributed by atoms with Crippen LogP contribution in [0.2, 0.25) is 5.02 Å². The normalized spacial score (nSPS) is 12.6. The average molecular weight is 333 g/mol. The minimum absolute atomic E-state index is 0.0332. The summed E-state index contributed by atoms with van der Waals surface area (Å²) in [5, 5.41) is 1.79. The highest BCUT2D eigenvalue weighted by Crippen LogP contribution is 2.32. The Labute approximate surface area is 117 Å². The molecule has 2 rings (SSSR count). The number of hydrogen-bond acceptors (Lipinski definition) is 4. The molecule has 1 aromatic heterocycles. The summed E-state index contributed by atoms with van der Waals surface area (Å²) >= 11 is 9.42. The number of alkyl halides is 1. The molecule has 0 saturated carbocycles. The molecular weight excluding hydrogens is 321 g/mol. The quantitative estimate of drug-likeness (QED) is 0.692. The molecule has 0 aliphatic heterocycles. The van der Waals surface area contributed by atoms with Crippen LogP contribution in [0.15, 0.2) is 27.4 Å². The summed E-state index contributed by atoms with van der Waals surface area (Å²) in [6.45, 7) is 1.83. The van der Waals surface area contributed by atoms with Crippen LogP contribution in [0.25, 0.3) is 10.8 Å². The van der Waals surface area contributed by atoms with E-state index in [-0.39, 0.29) is 17.1 Å². The summed E-state index contributed by atoms with van der Waals surface area (Å²) in [5.74, 6) is 0.0332. The van der Waals surface area contributed by atoms with E-state index in [4.69, 9.17) is 26.5 Å². The highest BCUT2D eigenvalue weighted by Gasteiger charge is 2.15. The molecule has 4 nitrogen and oxygen atoms in total. The third kappa shape index (κ3) is 2.47. The Kier molecular flexibility index (Phi) is 3.82. The molecule has 2 aromatic rings. The predicted octanol–water partition coefficient (Wildman–Crippen LogP) is 3.19. The molecule has 6 heteroatoms. The van der Waals surface area contributed by atoms with E-state index in [1.165, 1.54) is 6.07 Å². The molecular formula is C12H11BrClNO3. The Morgan fingerprint density at radius 1 is 1.50 bits per heavy atom. The van der Waals surface area contributed by atoms with Gasteiger partial charge in [0.2, 0.25) is 0 Å². The first-order chi connectivity index (χ1) is 8.52. The first kappa shape index (κ1) is 13.2. The minimum Gasteiger partial charge on any atom is -0.460 e. The van der Waals surface area contributed by atoms with Gasteiger partial charge in [0.1, 0.15) is 11.1 Å². The van der Waals surface area contributed by atoms with E-state index >= 15 is 0 Å². The zero-order chi connectivity index (χ0) is 13.3. The molecule has 1 aromatic carbocycles. The van der Waals surface area contributed by atoms with Gasteiger partial charge in [-0.25, -0.2) is 4.79 Å². The highest BCUT2D eigenvalue weighted by atomic mass is 79.9. The monoisotopic (exact) mass is 331 g/mol. The molecule has 0 fully saturated rings. The zero-order valence-corrected chi connectivity index (χ0v) is 11.9. The van der Waals surface area contributed by atoms with Crippen LogP contribution in [0.4, 0.5) is 5.69 Å². The Balaban J connectivity index is 2.62. The summed E-state index contributed by atoms with van der Waals surface area (Å²) in [5.41, 5.74) is 5.59. The van der Waals surface area contributed by atoms with E-state index in [1.54, 1.807) is 12.1 Å². The molecule has 0 radical (unpaired) electrons. The maximum absolute atomic E-state index is 11.8. The molecule has 1 unspecified atom stereocenters. The number of benzene rings is 1. The first-order valence-electron chi connectivity index (χ1n) is 5.27. The van der Waals surface area contributed by atoms with Crippen LogP contribution in [0, 0.1) is 0 Å². The molecule has 0 bridgehead atoms. The van der Waals surface area contributed by atoms with Gasteiger partial charge in [-0.05, 0) is 19.1 Å². The topological polar surface area (TPSA) is 65.5 Å². The van der Waals surface area contributed by atoms with Crippen LogP contribution in [-0.4, -0.2) is 11.4 Å². The number of halogens is 2. The lowest BCUT2D eigenvalue weighted by Crippen LogP contribution is -2.15. The first-order valence-corrected chi connectivity index (χ1v) is 6.77. The van der Waals surface area contributed by atoms with Crippen molar-refractivity contribution in [3.05, 3.63) is 33.6 Å². The van der Waals surface area contributed by atoms with Gasteiger partial charge in [0, 0.05) is 16.4 Å². The van der Waals surface area contributed by atoms with Gasteiger partial charge in [0.25, 0.3) is 0 Å². The predicted molar refractivity (Wildman–Crippen MR) is 75.8 cm³/mol. The molecule has 0 saturated heterocycles. The van der Waals surface area contributed by atoms with Gasteiger partial charge >= 0.3 is 11.6 Å². The van der Waals surface area contributed by atoms with Crippen LogP contribution >= 0.6 is 27.5 Å². The van der Waals surface area contributed by atoms with E-state index in [9.17, 15) is 4.79 Å². The number of anilines is 1. The van der Waals surface area contributed by atoms with Crippen molar-refractivity contribution < 1.29 is 9.15 Å². The van der Waals surface area contributed by atoms with Crippen molar-refractivity contribution in [3.63, 3.8) is 0 Å². The number of fused-ring (bicyclic) bond motifs is 1. The van der Waals surface area contributed by atoms with Crippen molar-refractivity contribution in [1.82, 2.24) is 0 Å². The Bertz CT molecular complexity index is 641. The van der Waals surface area contributed by atoms with Crippen molar-refractivity contribution in [1.29, 1.82) is 0 Å². The van der Waals surface area contributed by atoms with E-state index in [0.717, 1.165) is 0 Å². The van der Waals surface area contributed by atoms with Gasteiger partial charge in [-0.1, -0.05) is 33.6 Å². The van der Waals surface area contributed by atoms with Gasteiger partial charge < -0.3 is 14.9 Å². The van der Waals surface area contributed by atoms with Crippen molar-refractivity contribution in [3.8, 4) is 5.95 Å². The number of nitrogen functional groups attached to an aromatic ring is 1. The fourth-order valence-electron chi connectivity index (χ4n) is 1.51. The lowest BCUT2D eigenvalue weighted by atomic mass is 10.1. The van der Waals surface area contributed by atoms with Gasteiger partial charge in [-0.3, -0.25) is 0 Å². The maximum Gasteiger partial charge on any atom is 0.346 e. The molecule has 0 amide bonds. The van der Waals surface area contributed by atoms with Gasteiger partial charge in [-0.15, -0.1) is 0 Å². The number of ether oxygens (including phenoxy) is 1. The average Bonchev–Trinajstić information content (AvgIpc) is 2.35. The molecule has 0 aliphatic rings. The number of nitrogens with two attached hydrogens (primary N) is 1. The molecule has 0 aliphatic carbocycles. The lowest BCUT2D eigenvalue weighted by molar-refractivity contribution is 0.183. The number of rotatable bonds is 3. The van der Waals surface area contributed by atoms with E-state index in [0.29, 0.717) is 21.8 Å². The second-order valence-electron chi connectivity index (χ2n) is 3.88. The van der Waals surface area contributed by atoms with Gasteiger partial charge in [0.15, 0.2) is 0 Å². The van der Waals surface area contributed by atoms with Crippen molar-refractivity contribution in [2.75, 3.05) is 11.1 Å². The van der Waals surface area contributed by atoms with Crippen molar-refractivity contribution in [2.24, 2.45) is 0 Å². The summed E-state index contributed by atoms with van der Waals surface area (Å²) in [7, 11) is 0. The second kappa shape index (κ2) is 5.20. The number of hydrogen-bond donors (Lipinski definition) is 1. The largest absolute Gasteiger partial charge is 0.460 e. The molecule has 96 valence electrons. The Morgan fingerprint density at radius 2 is 2.22 bits per heavy atom. The molecule has 18 heavy (non-hydrogen) atoms. The standard InChI is InChI=1S/C12H11BrClNO3/c1-6(5-13)17-12-10(14)8-3-2-7(15)4-9(8)11(16)18-12/h2-4,6H,5,15H2,1H3. The van der Waals surface area contributed by atoms with Crippen LogP contribution in [0.5, 0.6) is 5.95 Å². The van der Waals surface area contributed by atoms with Crippen molar-refractivity contribution in [2.45, 2.75) is 13.0 Å². The highest BCUT2D eigenvalue weighted by molar-refractivity contribution is 9.09. The molecule has 1 heterocycles. The zero-order valence-electron chi connectivity index (χ0n) is 9.57. The fourth-order valence-corrected chi connectivity index (χ4v) is 1.89. The van der Waals surface area contributed by atoms with E-state index in [2.05, 4.69) is 15.9 Å². The summed E-state index contributed by atoms with van der Waals surface area (Å²) in [6, 6.07) is 4.88. The molecule has 0 spiro atoms. The van der Waals surface area contributed by atoms with Crippen LogP contribution in [-0.2, 0) is 0 Å². The summed E-state index contributed by atoms with van der Waals surface area (Å²) < 4.78 is 10.5. The SMILES string of the molecule is CC(CBr)Oc1oc(=O)c2cc(N)ccc2c1Cl. The van der Waals surface area contributed by atoms with Crippen molar-refractivity contribution >= 4 is 44.0 Å². The lowest BCUT2D eigenvalue weighted by Gasteiger charge is -2.12. The third-order valence-corrected chi connectivity index (χ3v) is 3.66. The van der Waals surface area contributed by atoms with Crippen LogP contribution in [0.1, 0.15) is 6.92 Å². The van der Waals surface area contributed by atoms with E-state index < -0.39 is 5.63 Å².